The van der Waals surface area contributed by atoms with E-state index < -0.39 is 10.0 Å². The number of hydrogen-bond donors (Lipinski definition) is 2. The molecule has 1 rings (SSSR count). The molecule has 0 aromatic carbocycles. The molecule has 4 nitrogen and oxygen atoms in total. The summed E-state index contributed by atoms with van der Waals surface area (Å²) in [5.74, 6) is -0.248. The molecule has 6 heteroatoms. The third-order valence-corrected chi connectivity index (χ3v) is 4.77. The minimum atomic E-state index is -3.32. The fourth-order valence-corrected chi connectivity index (χ4v) is 3.30. The SMILES string of the molecule is CCC1(CNS(=O)(=O)CC(N)=S)CCC1. The highest BCUT2D eigenvalue weighted by Crippen LogP contribution is 2.43. The number of rotatable bonds is 6. The summed E-state index contributed by atoms with van der Waals surface area (Å²) in [5, 5.41) is 0. The minimum Gasteiger partial charge on any atom is -0.392 e. The Morgan fingerprint density at radius 1 is 1.53 bits per heavy atom. The van der Waals surface area contributed by atoms with Crippen LogP contribution in [0.25, 0.3) is 0 Å². The highest BCUT2D eigenvalue weighted by Gasteiger charge is 2.35. The predicted octanol–water partition coefficient (Wildman–Crippen LogP) is 0.772. The summed E-state index contributed by atoms with van der Waals surface area (Å²) in [6.45, 7) is 2.62. The number of thiocarbonyl (C=S) groups is 1. The molecule has 1 aliphatic carbocycles. The van der Waals surface area contributed by atoms with Gasteiger partial charge in [0.2, 0.25) is 10.0 Å². The Morgan fingerprint density at radius 3 is 2.47 bits per heavy atom. The summed E-state index contributed by atoms with van der Waals surface area (Å²) in [7, 11) is -3.32. The first-order chi connectivity index (χ1) is 6.89. The Morgan fingerprint density at radius 2 is 2.13 bits per heavy atom. The van der Waals surface area contributed by atoms with Gasteiger partial charge in [-0.3, -0.25) is 0 Å². The Balaban J connectivity index is 2.45. The van der Waals surface area contributed by atoms with Gasteiger partial charge in [0.1, 0.15) is 5.75 Å². The molecule has 0 spiro atoms. The van der Waals surface area contributed by atoms with Gasteiger partial charge in [0, 0.05) is 6.54 Å². The highest BCUT2D eigenvalue weighted by atomic mass is 32.2. The van der Waals surface area contributed by atoms with Crippen LogP contribution in [0.5, 0.6) is 0 Å². The van der Waals surface area contributed by atoms with Gasteiger partial charge in [-0.25, -0.2) is 13.1 Å². The van der Waals surface area contributed by atoms with Crippen LogP contribution in [0.4, 0.5) is 0 Å². The van der Waals surface area contributed by atoms with Crippen molar-refractivity contribution in [3.05, 3.63) is 0 Å². The number of sulfonamides is 1. The van der Waals surface area contributed by atoms with Crippen molar-refractivity contribution in [2.24, 2.45) is 11.1 Å². The molecule has 0 saturated heterocycles. The molecular formula is C9H18N2O2S2. The second-order valence-corrected chi connectivity index (χ2v) is 6.58. The van der Waals surface area contributed by atoms with Gasteiger partial charge in [-0.1, -0.05) is 25.6 Å². The van der Waals surface area contributed by atoms with Crippen LogP contribution in [0.2, 0.25) is 0 Å². The van der Waals surface area contributed by atoms with Crippen molar-refractivity contribution in [1.29, 1.82) is 0 Å². The van der Waals surface area contributed by atoms with Gasteiger partial charge >= 0.3 is 0 Å². The Kier molecular flexibility index (Phi) is 4.08. The summed E-state index contributed by atoms with van der Waals surface area (Å²) in [6, 6.07) is 0. The number of hydrogen-bond acceptors (Lipinski definition) is 3. The summed E-state index contributed by atoms with van der Waals surface area (Å²) >= 11 is 4.58. The molecule has 0 bridgehead atoms. The van der Waals surface area contributed by atoms with E-state index in [-0.39, 0.29) is 16.2 Å². The minimum absolute atomic E-state index is 0.0154. The van der Waals surface area contributed by atoms with Crippen LogP contribution in [0, 0.1) is 5.41 Å². The van der Waals surface area contributed by atoms with Crippen molar-refractivity contribution in [3.8, 4) is 0 Å². The highest BCUT2D eigenvalue weighted by molar-refractivity contribution is 7.92. The molecule has 0 aliphatic heterocycles. The zero-order chi connectivity index (χ0) is 11.5. The maximum atomic E-state index is 11.5. The second kappa shape index (κ2) is 4.76. The molecule has 0 unspecified atom stereocenters. The molecular weight excluding hydrogens is 232 g/mol. The molecule has 0 aromatic heterocycles. The normalized spacial score (nSPS) is 19.5. The van der Waals surface area contributed by atoms with E-state index in [4.69, 9.17) is 5.73 Å². The van der Waals surface area contributed by atoms with E-state index in [0.29, 0.717) is 6.54 Å². The lowest BCUT2D eigenvalue weighted by Gasteiger charge is -2.41. The van der Waals surface area contributed by atoms with E-state index in [1.165, 1.54) is 6.42 Å². The second-order valence-electron chi connectivity index (χ2n) is 4.25. The van der Waals surface area contributed by atoms with Crippen LogP contribution >= 0.6 is 12.2 Å². The zero-order valence-electron chi connectivity index (χ0n) is 8.95. The molecule has 0 aromatic rings. The van der Waals surface area contributed by atoms with Crippen molar-refractivity contribution in [1.82, 2.24) is 4.72 Å². The summed E-state index contributed by atoms with van der Waals surface area (Å²) < 4.78 is 25.5. The molecule has 1 aliphatic rings. The fraction of sp³-hybridized carbons (Fsp3) is 0.889. The van der Waals surface area contributed by atoms with Crippen molar-refractivity contribution in [2.45, 2.75) is 32.6 Å². The third kappa shape index (κ3) is 3.70. The molecule has 88 valence electrons. The Hall–Kier alpha value is -0.200. The maximum Gasteiger partial charge on any atom is 0.218 e. The monoisotopic (exact) mass is 250 g/mol. The van der Waals surface area contributed by atoms with E-state index in [9.17, 15) is 8.42 Å². The quantitative estimate of drug-likeness (QED) is 0.683. The Labute approximate surface area is 96.7 Å². The molecule has 0 heterocycles. The van der Waals surface area contributed by atoms with Gasteiger partial charge in [0.05, 0.1) is 4.99 Å². The lowest BCUT2D eigenvalue weighted by molar-refractivity contribution is 0.133. The van der Waals surface area contributed by atoms with Crippen molar-refractivity contribution in [3.63, 3.8) is 0 Å². The summed E-state index contributed by atoms with van der Waals surface area (Å²) in [4.78, 5) is 0.0154. The Bertz CT molecular complexity index is 329. The van der Waals surface area contributed by atoms with Gasteiger partial charge in [-0.15, -0.1) is 0 Å². The first kappa shape index (κ1) is 12.9. The summed E-state index contributed by atoms with van der Waals surface area (Å²) in [5.41, 5.74) is 5.39. The average Bonchev–Trinajstić information content (AvgIpc) is 2.00. The average molecular weight is 250 g/mol. The third-order valence-electron chi connectivity index (χ3n) is 3.16. The molecule has 0 radical (unpaired) electrons. The van der Waals surface area contributed by atoms with Crippen LogP contribution in [-0.2, 0) is 10.0 Å². The van der Waals surface area contributed by atoms with Gasteiger partial charge in [0.25, 0.3) is 0 Å². The first-order valence-corrected chi connectivity index (χ1v) is 7.21. The van der Waals surface area contributed by atoms with Gasteiger partial charge in [-0.05, 0) is 24.7 Å². The van der Waals surface area contributed by atoms with Crippen LogP contribution in [0.15, 0.2) is 0 Å². The van der Waals surface area contributed by atoms with Gasteiger partial charge < -0.3 is 5.73 Å². The topological polar surface area (TPSA) is 72.2 Å². The first-order valence-electron chi connectivity index (χ1n) is 5.15. The van der Waals surface area contributed by atoms with E-state index in [1.54, 1.807) is 0 Å². The summed E-state index contributed by atoms with van der Waals surface area (Å²) in [6.07, 6.45) is 4.44. The van der Waals surface area contributed by atoms with E-state index in [1.807, 2.05) is 0 Å². The van der Waals surface area contributed by atoms with E-state index in [2.05, 4.69) is 23.9 Å². The largest absolute Gasteiger partial charge is 0.392 e. The molecule has 1 saturated carbocycles. The van der Waals surface area contributed by atoms with Crippen LogP contribution in [-0.4, -0.2) is 25.7 Å². The van der Waals surface area contributed by atoms with Crippen molar-refractivity contribution >= 4 is 27.2 Å². The number of nitrogens with two attached hydrogens (primary N) is 1. The predicted molar refractivity (Wildman–Crippen MR) is 65.1 cm³/mol. The molecule has 0 atom stereocenters. The van der Waals surface area contributed by atoms with Gasteiger partial charge in [0.15, 0.2) is 0 Å². The number of nitrogens with one attached hydrogen (secondary N) is 1. The van der Waals surface area contributed by atoms with Gasteiger partial charge in [-0.2, -0.15) is 0 Å². The van der Waals surface area contributed by atoms with E-state index >= 15 is 0 Å². The standard InChI is InChI=1S/C9H18N2O2S2/c1-2-9(4-3-5-9)7-11-15(12,13)6-8(10)14/h11H,2-7H2,1H3,(H2,10,14). The molecule has 1 fully saturated rings. The maximum absolute atomic E-state index is 11.5. The van der Waals surface area contributed by atoms with E-state index in [0.717, 1.165) is 19.3 Å². The van der Waals surface area contributed by atoms with Crippen molar-refractivity contribution in [2.75, 3.05) is 12.3 Å². The molecule has 15 heavy (non-hydrogen) atoms. The van der Waals surface area contributed by atoms with Crippen molar-refractivity contribution < 1.29 is 8.42 Å². The fourth-order valence-electron chi connectivity index (χ4n) is 1.83. The smallest absolute Gasteiger partial charge is 0.218 e. The lowest BCUT2D eigenvalue weighted by atomic mass is 9.67. The lowest BCUT2D eigenvalue weighted by Crippen LogP contribution is -2.43. The van der Waals surface area contributed by atoms with Crippen LogP contribution in [0.1, 0.15) is 32.6 Å². The van der Waals surface area contributed by atoms with Crippen LogP contribution in [0.3, 0.4) is 0 Å². The zero-order valence-corrected chi connectivity index (χ0v) is 10.6. The molecule has 3 N–H and O–H groups in total. The van der Waals surface area contributed by atoms with Crippen LogP contribution < -0.4 is 10.5 Å². The molecule has 0 amide bonds.